The van der Waals surface area contributed by atoms with Gasteiger partial charge in [-0.3, -0.25) is 4.79 Å². The van der Waals surface area contributed by atoms with E-state index in [2.05, 4.69) is 23.5 Å². The number of amides is 1. The van der Waals surface area contributed by atoms with Crippen LogP contribution in [0.25, 0.3) is 0 Å². The van der Waals surface area contributed by atoms with E-state index in [1.54, 1.807) is 0 Å². The van der Waals surface area contributed by atoms with Gasteiger partial charge in [0.1, 0.15) is 0 Å². The number of aryl methyl sites for hydroxylation is 1. The lowest BCUT2D eigenvalue weighted by molar-refractivity contribution is -0.124. The van der Waals surface area contributed by atoms with Crippen LogP contribution in [0.1, 0.15) is 55.6 Å². The van der Waals surface area contributed by atoms with Crippen molar-refractivity contribution in [1.29, 1.82) is 0 Å². The van der Waals surface area contributed by atoms with Gasteiger partial charge < -0.3 is 10.4 Å². The molecule has 108 valence electrons. The van der Waals surface area contributed by atoms with Crippen LogP contribution in [0.4, 0.5) is 0 Å². The Labute approximate surface area is 120 Å². The van der Waals surface area contributed by atoms with Crippen LogP contribution in [0.15, 0.2) is 24.3 Å². The number of carbonyl (C=O) groups is 1. The standard InChI is InChI=1S/C17H23NO2/c19-14-10-8-13(9-11-14)18-17(20)16-7-3-5-12-4-1-2-6-15(12)16/h1-2,4,6,13-14,16,19H,3,5,7-11H2,(H,18,20). The Bertz CT molecular complexity index is 478. The quantitative estimate of drug-likeness (QED) is 0.870. The molecule has 0 bridgehead atoms. The second-order valence-corrected chi connectivity index (χ2v) is 6.16. The molecule has 0 heterocycles. The minimum absolute atomic E-state index is 0.0202. The van der Waals surface area contributed by atoms with Crippen LogP contribution < -0.4 is 5.32 Å². The summed E-state index contributed by atoms with van der Waals surface area (Å²) in [5.41, 5.74) is 2.55. The molecule has 1 atom stereocenters. The second kappa shape index (κ2) is 5.96. The Morgan fingerprint density at radius 1 is 1.10 bits per heavy atom. The van der Waals surface area contributed by atoms with E-state index in [0.717, 1.165) is 44.9 Å². The van der Waals surface area contributed by atoms with Crippen LogP contribution >= 0.6 is 0 Å². The minimum Gasteiger partial charge on any atom is -0.393 e. The summed E-state index contributed by atoms with van der Waals surface area (Å²) in [6.07, 6.45) is 6.41. The number of carbonyl (C=O) groups excluding carboxylic acids is 1. The summed E-state index contributed by atoms with van der Waals surface area (Å²) in [7, 11) is 0. The number of hydrogen-bond donors (Lipinski definition) is 2. The van der Waals surface area contributed by atoms with Crippen LogP contribution in [0.3, 0.4) is 0 Å². The summed E-state index contributed by atoms with van der Waals surface area (Å²) in [6, 6.07) is 8.58. The first-order chi connectivity index (χ1) is 9.74. The highest BCUT2D eigenvalue weighted by molar-refractivity contribution is 5.84. The lowest BCUT2D eigenvalue weighted by Crippen LogP contribution is -2.41. The van der Waals surface area contributed by atoms with Crippen molar-refractivity contribution in [3.63, 3.8) is 0 Å². The third kappa shape index (κ3) is 2.88. The lowest BCUT2D eigenvalue weighted by atomic mass is 9.82. The van der Waals surface area contributed by atoms with E-state index in [1.807, 2.05) is 6.07 Å². The lowest BCUT2D eigenvalue weighted by Gasteiger charge is -2.30. The molecule has 3 rings (SSSR count). The molecule has 20 heavy (non-hydrogen) atoms. The van der Waals surface area contributed by atoms with Gasteiger partial charge in [0.05, 0.1) is 12.0 Å². The van der Waals surface area contributed by atoms with Gasteiger partial charge in [-0.25, -0.2) is 0 Å². The first-order valence-electron chi connectivity index (χ1n) is 7.80. The summed E-state index contributed by atoms with van der Waals surface area (Å²) in [6.45, 7) is 0. The molecule has 0 aliphatic heterocycles. The monoisotopic (exact) mass is 273 g/mol. The van der Waals surface area contributed by atoms with Crippen LogP contribution in [0, 0.1) is 0 Å². The van der Waals surface area contributed by atoms with Gasteiger partial charge in [0, 0.05) is 6.04 Å². The smallest absolute Gasteiger partial charge is 0.227 e. The zero-order chi connectivity index (χ0) is 13.9. The maximum absolute atomic E-state index is 12.5. The number of rotatable bonds is 2. The van der Waals surface area contributed by atoms with Crippen molar-refractivity contribution in [2.75, 3.05) is 0 Å². The largest absolute Gasteiger partial charge is 0.393 e. The van der Waals surface area contributed by atoms with Crippen molar-refractivity contribution >= 4 is 5.91 Å². The molecule has 1 amide bonds. The first-order valence-corrected chi connectivity index (χ1v) is 7.80. The van der Waals surface area contributed by atoms with Gasteiger partial charge in [0.2, 0.25) is 5.91 Å². The molecule has 1 fully saturated rings. The molecule has 3 heteroatoms. The van der Waals surface area contributed by atoms with E-state index in [-0.39, 0.29) is 24.0 Å². The van der Waals surface area contributed by atoms with E-state index < -0.39 is 0 Å². The molecule has 0 saturated heterocycles. The van der Waals surface area contributed by atoms with Crippen LogP contribution in [-0.2, 0) is 11.2 Å². The number of aliphatic hydroxyl groups excluding tert-OH is 1. The van der Waals surface area contributed by atoms with E-state index in [9.17, 15) is 9.90 Å². The predicted octanol–water partition coefficient (Wildman–Crippen LogP) is 2.53. The molecular formula is C17H23NO2. The molecule has 1 unspecified atom stereocenters. The molecule has 2 N–H and O–H groups in total. The number of benzene rings is 1. The summed E-state index contributed by atoms with van der Waals surface area (Å²) in [5, 5.41) is 12.7. The van der Waals surface area contributed by atoms with Gasteiger partial charge in [0.15, 0.2) is 0 Å². The van der Waals surface area contributed by atoms with E-state index in [4.69, 9.17) is 0 Å². The SMILES string of the molecule is O=C(NC1CCC(O)CC1)C1CCCc2ccccc21. The predicted molar refractivity (Wildman–Crippen MR) is 78.5 cm³/mol. The Morgan fingerprint density at radius 2 is 1.85 bits per heavy atom. The fraction of sp³-hybridized carbons (Fsp3) is 0.588. The molecule has 0 aromatic heterocycles. The Balaban J connectivity index is 1.66. The van der Waals surface area contributed by atoms with E-state index in [1.165, 1.54) is 11.1 Å². The second-order valence-electron chi connectivity index (χ2n) is 6.16. The number of nitrogens with one attached hydrogen (secondary N) is 1. The van der Waals surface area contributed by atoms with Crippen molar-refractivity contribution in [1.82, 2.24) is 5.32 Å². The number of hydrogen-bond acceptors (Lipinski definition) is 2. The molecular weight excluding hydrogens is 250 g/mol. The molecule has 0 spiro atoms. The van der Waals surface area contributed by atoms with E-state index in [0.29, 0.717) is 0 Å². The summed E-state index contributed by atoms with van der Waals surface area (Å²) in [4.78, 5) is 12.5. The highest BCUT2D eigenvalue weighted by atomic mass is 16.3. The van der Waals surface area contributed by atoms with Gasteiger partial charge >= 0.3 is 0 Å². The average molecular weight is 273 g/mol. The van der Waals surface area contributed by atoms with Crippen molar-refractivity contribution in [2.45, 2.75) is 63.0 Å². The summed E-state index contributed by atoms with van der Waals surface area (Å²) in [5.74, 6) is 0.199. The minimum atomic E-state index is -0.168. The fourth-order valence-corrected chi connectivity index (χ4v) is 3.55. The molecule has 2 aliphatic carbocycles. The van der Waals surface area contributed by atoms with Crippen molar-refractivity contribution < 1.29 is 9.90 Å². The summed E-state index contributed by atoms with van der Waals surface area (Å²) < 4.78 is 0. The zero-order valence-electron chi connectivity index (χ0n) is 11.8. The Kier molecular flexibility index (Phi) is 4.06. The zero-order valence-corrected chi connectivity index (χ0v) is 11.8. The van der Waals surface area contributed by atoms with Crippen molar-refractivity contribution in [2.24, 2.45) is 0 Å². The van der Waals surface area contributed by atoms with Crippen LogP contribution in [0.2, 0.25) is 0 Å². The van der Waals surface area contributed by atoms with Gasteiger partial charge in [-0.05, 0) is 56.1 Å². The third-order valence-corrected chi connectivity index (χ3v) is 4.73. The first kappa shape index (κ1) is 13.6. The van der Waals surface area contributed by atoms with Crippen LogP contribution in [-0.4, -0.2) is 23.2 Å². The Morgan fingerprint density at radius 3 is 2.65 bits per heavy atom. The fourth-order valence-electron chi connectivity index (χ4n) is 3.55. The normalized spacial score (nSPS) is 29.6. The van der Waals surface area contributed by atoms with Gasteiger partial charge in [-0.15, -0.1) is 0 Å². The van der Waals surface area contributed by atoms with Crippen molar-refractivity contribution in [3.05, 3.63) is 35.4 Å². The molecule has 0 radical (unpaired) electrons. The molecule has 1 aromatic carbocycles. The van der Waals surface area contributed by atoms with Gasteiger partial charge in [-0.1, -0.05) is 24.3 Å². The van der Waals surface area contributed by atoms with Gasteiger partial charge in [-0.2, -0.15) is 0 Å². The van der Waals surface area contributed by atoms with Gasteiger partial charge in [0.25, 0.3) is 0 Å². The molecule has 3 nitrogen and oxygen atoms in total. The molecule has 2 aliphatic rings. The molecule has 1 saturated carbocycles. The highest BCUT2D eigenvalue weighted by Crippen LogP contribution is 2.32. The van der Waals surface area contributed by atoms with Crippen LogP contribution in [0.5, 0.6) is 0 Å². The highest BCUT2D eigenvalue weighted by Gasteiger charge is 2.28. The van der Waals surface area contributed by atoms with E-state index >= 15 is 0 Å². The number of fused-ring (bicyclic) bond motifs is 1. The number of aliphatic hydroxyl groups is 1. The van der Waals surface area contributed by atoms with Crippen molar-refractivity contribution in [3.8, 4) is 0 Å². The molecule has 1 aromatic rings. The average Bonchev–Trinajstić information content (AvgIpc) is 2.49. The summed E-state index contributed by atoms with van der Waals surface area (Å²) >= 11 is 0. The third-order valence-electron chi connectivity index (χ3n) is 4.73. The maximum Gasteiger partial charge on any atom is 0.227 e. The topological polar surface area (TPSA) is 49.3 Å². The maximum atomic E-state index is 12.5. The Hall–Kier alpha value is -1.35.